The van der Waals surface area contributed by atoms with Crippen molar-refractivity contribution < 1.29 is 9.32 Å². The van der Waals surface area contributed by atoms with Crippen LogP contribution in [0.2, 0.25) is 5.02 Å². The number of amides is 1. The first kappa shape index (κ1) is 18.8. The number of benzene rings is 2. The highest BCUT2D eigenvalue weighted by atomic mass is 35.5. The van der Waals surface area contributed by atoms with Crippen molar-refractivity contribution in [3.05, 3.63) is 58.9 Å². The summed E-state index contributed by atoms with van der Waals surface area (Å²) in [5.74, 6) is 3.01. The number of hydrogen-bond acceptors (Lipinski definition) is 6. The van der Waals surface area contributed by atoms with Crippen LogP contribution in [0.3, 0.4) is 0 Å². The molecule has 1 fully saturated rings. The molecule has 1 N–H and O–H groups in total. The quantitative estimate of drug-likeness (QED) is 0.677. The minimum absolute atomic E-state index is 0.202. The van der Waals surface area contributed by atoms with Crippen LogP contribution in [0, 0.1) is 6.92 Å². The molecule has 2 heterocycles. The lowest BCUT2D eigenvalue weighted by Gasteiger charge is -2.29. The summed E-state index contributed by atoms with van der Waals surface area (Å²) in [6.45, 7) is 3.74. The van der Waals surface area contributed by atoms with Crippen molar-refractivity contribution in [1.82, 2.24) is 10.1 Å². The SMILES string of the molecule is Cc1noc(-c2ccc(C(=O)Nc3ccc(N4CCSCC4)c(Cl)c3)cc2)n1. The van der Waals surface area contributed by atoms with Crippen LogP contribution in [0.5, 0.6) is 0 Å². The van der Waals surface area contributed by atoms with Gasteiger partial charge in [0.2, 0.25) is 0 Å². The molecule has 2 aromatic carbocycles. The number of carbonyl (C=O) groups excluding carboxylic acids is 1. The van der Waals surface area contributed by atoms with Gasteiger partial charge in [0.15, 0.2) is 5.82 Å². The molecule has 1 aromatic heterocycles. The second-order valence-corrected chi connectivity index (χ2v) is 8.08. The van der Waals surface area contributed by atoms with Gasteiger partial charge in [-0.2, -0.15) is 16.7 Å². The third-order valence-electron chi connectivity index (χ3n) is 4.48. The van der Waals surface area contributed by atoms with Gasteiger partial charge in [-0.25, -0.2) is 0 Å². The monoisotopic (exact) mass is 414 g/mol. The maximum Gasteiger partial charge on any atom is 0.257 e. The van der Waals surface area contributed by atoms with E-state index in [9.17, 15) is 4.79 Å². The Kier molecular flexibility index (Phi) is 5.54. The van der Waals surface area contributed by atoms with E-state index in [-0.39, 0.29) is 5.91 Å². The van der Waals surface area contributed by atoms with E-state index in [1.165, 1.54) is 0 Å². The van der Waals surface area contributed by atoms with E-state index >= 15 is 0 Å². The molecule has 0 bridgehead atoms. The lowest BCUT2D eigenvalue weighted by molar-refractivity contribution is 0.102. The highest BCUT2D eigenvalue weighted by Crippen LogP contribution is 2.30. The maximum absolute atomic E-state index is 12.5. The Morgan fingerprint density at radius 1 is 1.18 bits per heavy atom. The predicted molar refractivity (Wildman–Crippen MR) is 113 cm³/mol. The van der Waals surface area contributed by atoms with Gasteiger partial charge < -0.3 is 14.7 Å². The van der Waals surface area contributed by atoms with Crippen molar-refractivity contribution in [2.24, 2.45) is 0 Å². The average Bonchev–Trinajstić information content (AvgIpc) is 3.15. The summed E-state index contributed by atoms with van der Waals surface area (Å²) in [6.07, 6.45) is 0. The summed E-state index contributed by atoms with van der Waals surface area (Å²) >= 11 is 8.41. The molecule has 0 atom stereocenters. The van der Waals surface area contributed by atoms with Gasteiger partial charge in [-0.3, -0.25) is 4.79 Å². The number of anilines is 2. The number of rotatable bonds is 4. The van der Waals surface area contributed by atoms with Crippen LogP contribution >= 0.6 is 23.4 Å². The molecule has 1 aliphatic heterocycles. The summed E-state index contributed by atoms with van der Waals surface area (Å²) in [5, 5.41) is 7.31. The van der Waals surface area contributed by atoms with E-state index in [0.717, 1.165) is 35.8 Å². The normalized spacial score (nSPS) is 14.1. The van der Waals surface area contributed by atoms with Crippen molar-refractivity contribution in [3.63, 3.8) is 0 Å². The smallest absolute Gasteiger partial charge is 0.257 e. The van der Waals surface area contributed by atoms with E-state index in [4.69, 9.17) is 16.1 Å². The first-order chi connectivity index (χ1) is 13.6. The fraction of sp³-hybridized carbons (Fsp3) is 0.250. The van der Waals surface area contributed by atoms with E-state index < -0.39 is 0 Å². The largest absolute Gasteiger partial charge is 0.369 e. The first-order valence-electron chi connectivity index (χ1n) is 8.94. The lowest BCUT2D eigenvalue weighted by Crippen LogP contribution is -2.32. The Morgan fingerprint density at radius 2 is 1.93 bits per heavy atom. The van der Waals surface area contributed by atoms with Gasteiger partial charge in [-0.15, -0.1) is 0 Å². The number of nitrogens with one attached hydrogen (secondary N) is 1. The third kappa shape index (κ3) is 4.15. The minimum atomic E-state index is -0.202. The third-order valence-corrected chi connectivity index (χ3v) is 5.72. The zero-order valence-corrected chi connectivity index (χ0v) is 16.9. The maximum atomic E-state index is 12.5. The number of hydrogen-bond donors (Lipinski definition) is 1. The highest BCUT2D eigenvalue weighted by Gasteiger charge is 2.15. The molecule has 0 unspecified atom stereocenters. The van der Waals surface area contributed by atoms with Crippen LogP contribution in [0.25, 0.3) is 11.5 Å². The number of halogens is 1. The van der Waals surface area contributed by atoms with Crippen LogP contribution in [0.1, 0.15) is 16.2 Å². The molecular weight excluding hydrogens is 396 g/mol. The molecule has 28 heavy (non-hydrogen) atoms. The van der Waals surface area contributed by atoms with Gasteiger partial charge >= 0.3 is 0 Å². The second-order valence-electron chi connectivity index (χ2n) is 6.44. The molecule has 0 aliphatic carbocycles. The fourth-order valence-electron chi connectivity index (χ4n) is 3.03. The Labute approximate surface area is 172 Å². The molecule has 6 nitrogen and oxygen atoms in total. The predicted octanol–water partition coefficient (Wildman–Crippen LogP) is 4.50. The molecule has 0 spiro atoms. The van der Waals surface area contributed by atoms with Crippen molar-refractivity contribution in [3.8, 4) is 11.5 Å². The molecule has 1 amide bonds. The standard InChI is InChI=1S/C20H19ClN4O2S/c1-13-22-20(27-24-13)15-4-2-14(3-5-15)19(26)23-16-6-7-18(17(21)12-16)25-8-10-28-11-9-25/h2-7,12H,8-11H2,1H3,(H,23,26). The van der Waals surface area contributed by atoms with Gasteiger partial charge in [0.25, 0.3) is 11.8 Å². The zero-order chi connectivity index (χ0) is 19.5. The first-order valence-corrected chi connectivity index (χ1v) is 10.5. The van der Waals surface area contributed by atoms with E-state index in [2.05, 4.69) is 20.4 Å². The fourth-order valence-corrected chi connectivity index (χ4v) is 4.23. The topological polar surface area (TPSA) is 71.3 Å². The number of thioether (sulfide) groups is 1. The number of nitrogens with zero attached hydrogens (tertiary/aromatic N) is 3. The molecule has 1 saturated heterocycles. The molecular formula is C20H19ClN4O2S. The van der Waals surface area contributed by atoms with Crippen LogP contribution < -0.4 is 10.2 Å². The minimum Gasteiger partial charge on any atom is -0.369 e. The molecule has 4 rings (SSSR count). The van der Waals surface area contributed by atoms with Crippen LogP contribution in [-0.2, 0) is 0 Å². The van der Waals surface area contributed by atoms with Gasteiger partial charge in [0, 0.05) is 41.4 Å². The Hall–Kier alpha value is -2.51. The molecule has 144 valence electrons. The van der Waals surface area contributed by atoms with Gasteiger partial charge in [-0.1, -0.05) is 16.8 Å². The number of aryl methyl sites for hydroxylation is 1. The van der Waals surface area contributed by atoms with Crippen LogP contribution in [-0.4, -0.2) is 40.6 Å². The van der Waals surface area contributed by atoms with E-state index in [1.54, 1.807) is 37.3 Å². The van der Waals surface area contributed by atoms with Crippen molar-refractivity contribution >= 4 is 40.6 Å². The molecule has 0 saturated carbocycles. The number of carbonyl (C=O) groups is 1. The lowest BCUT2D eigenvalue weighted by atomic mass is 10.1. The second kappa shape index (κ2) is 8.24. The average molecular weight is 415 g/mol. The van der Waals surface area contributed by atoms with E-state index in [0.29, 0.717) is 28.0 Å². The van der Waals surface area contributed by atoms with Gasteiger partial charge in [-0.05, 0) is 49.4 Å². The highest BCUT2D eigenvalue weighted by molar-refractivity contribution is 7.99. The van der Waals surface area contributed by atoms with Crippen LogP contribution in [0.15, 0.2) is 47.0 Å². The molecule has 1 aliphatic rings. The summed E-state index contributed by atoms with van der Waals surface area (Å²) in [5.41, 5.74) is 2.98. The zero-order valence-electron chi connectivity index (χ0n) is 15.3. The summed E-state index contributed by atoms with van der Waals surface area (Å²) in [4.78, 5) is 19.0. The van der Waals surface area contributed by atoms with Gasteiger partial charge in [0.05, 0.1) is 10.7 Å². The molecule has 0 radical (unpaired) electrons. The molecule has 3 aromatic rings. The van der Waals surface area contributed by atoms with Crippen molar-refractivity contribution in [2.75, 3.05) is 34.8 Å². The van der Waals surface area contributed by atoms with Gasteiger partial charge in [0.1, 0.15) is 0 Å². The van der Waals surface area contributed by atoms with Crippen molar-refractivity contribution in [1.29, 1.82) is 0 Å². The van der Waals surface area contributed by atoms with Crippen LogP contribution in [0.4, 0.5) is 11.4 Å². The Morgan fingerprint density at radius 3 is 2.57 bits per heavy atom. The molecule has 8 heteroatoms. The summed E-state index contributed by atoms with van der Waals surface area (Å²) < 4.78 is 5.14. The Bertz CT molecular complexity index is 984. The summed E-state index contributed by atoms with van der Waals surface area (Å²) in [6, 6.07) is 12.7. The van der Waals surface area contributed by atoms with E-state index in [1.807, 2.05) is 23.9 Å². The van der Waals surface area contributed by atoms with Crippen molar-refractivity contribution in [2.45, 2.75) is 6.92 Å². The number of aromatic nitrogens is 2. The summed E-state index contributed by atoms with van der Waals surface area (Å²) in [7, 11) is 0. The Balaban J connectivity index is 1.45.